The van der Waals surface area contributed by atoms with Crippen molar-refractivity contribution >= 4 is 29.3 Å². The van der Waals surface area contributed by atoms with Crippen LogP contribution in [0.15, 0.2) is 59.5 Å². The topological polar surface area (TPSA) is 52.3 Å². The Morgan fingerprint density at radius 1 is 1.13 bits per heavy atom. The highest BCUT2D eigenvalue weighted by molar-refractivity contribution is 7.99. The van der Waals surface area contributed by atoms with Gasteiger partial charge >= 0.3 is 5.97 Å². The molecule has 0 aromatic heterocycles. The molecule has 3 atom stereocenters. The summed E-state index contributed by atoms with van der Waals surface area (Å²) >= 11 is 7.68. The number of carbonyl (C=O) groups is 1. The van der Waals surface area contributed by atoms with Crippen LogP contribution in [0.3, 0.4) is 0 Å². The van der Waals surface area contributed by atoms with Gasteiger partial charge in [-0.3, -0.25) is 4.79 Å². The fourth-order valence-corrected chi connectivity index (χ4v) is 3.56. The minimum absolute atomic E-state index is 0.0441. The van der Waals surface area contributed by atoms with E-state index < -0.39 is 12.0 Å². The summed E-state index contributed by atoms with van der Waals surface area (Å²) in [6.45, 7) is 3.51. The molecule has 2 N–H and O–H groups in total. The Hall–Kier alpha value is -1.49. The van der Waals surface area contributed by atoms with Gasteiger partial charge in [0.15, 0.2) is 0 Å². The SMILES string of the molecule is C[C@H](N)C(=O)O[C@@H](C)[C@H](Sc1cccc(Cl)c1)c1ccccc1. The van der Waals surface area contributed by atoms with E-state index in [0.29, 0.717) is 5.02 Å². The van der Waals surface area contributed by atoms with Crippen molar-refractivity contribution < 1.29 is 9.53 Å². The van der Waals surface area contributed by atoms with E-state index in [1.807, 2.05) is 61.5 Å². The van der Waals surface area contributed by atoms with Gasteiger partial charge in [0, 0.05) is 9.92 Å². The van der Waals surface area contributed by atoms with Crippen molar-refractivity contribution in [2.75, 3.05) is 0 Å². The summed E-state index contributed by atoms with van der Waals surface area (Å²) < 4.78 is 5.51. The van der Waals surface area contributed by atoms with E-state index in [1.165, 1.54) is 0 Å². The first-order valence-corrected chi connectivity index (χ1v) is 8.66. The monoisotopic (exact) mass is 349 g/mol. The first kappa shape index (κ1) is 17.9. The summed E-state index contributed by atoms with van der Waals surface area (Å²) in [6.07, 6.45) is -0.320. The first-order chi connectivity index (χ1) is 11.0. The molecule has 0 heterocycles. The Labute approximate surface area is 146 Å². The highest BCUT2D eigenvalue weighted by Crippen LogP contribution is 2.39. The predicted octanol–water partition coefficient (Wildman–Crippen LogP) is 4.45. The molecule has 0 saturated heterocycles. The third-order valence-corrected chi connectivity index (χ3v) is 4.96. The lowest BCUT2D eigenvalue weighted by molar-refractivity contribution is -0.149. The standard InChI is InChI=1S/C18H20ClNO2S/c1-12(20)18(21)22-13(2)17(14-7-4-3-5-8-14)23-16-10-6-9-15(19)11-16/h3-13,17H,20H2,1-2H3/t12-,13-,17-/m0/s1. The fourth-order valence-electron chi connectivity index (χ4n) is 2.12. The van der Waals surface area contributed by atoms with Crippen molar-refractivity contribution in [2.45, 2.75) is 36.1 Å². The van der Waals surface area contributed by atoms with Gasteiger partial charge in [-0.05, 0) is 37.6 Å². The number of ether oxygens (including phenoxy) is 1. The number of hydrogen-bond acceptors (Lipinski definition) is 4. The number of benzene rings is 2. The molecular weight excluding hydrogens is 330 g/mol. The van der Waals surface area contributed by atoms with Gasteiger partial charge in [-0.15, -0.1) is 11.8 Å². The molecule has 2 aromatic rings. The molecule has 0 aliphatic rings. The van der Waals surface area contributed by atoms with Crippen LogP contribution in [0.5, 0.6) is 0 Å². The molecule has 2 rings (SSSR count). The zero-order valence-electron chi connectivity index (χ0n) is 13.1. The van der Waals surface area contributed by atoms with Gasteiger partial charge in [-0.25, -0.2) is 0 Å². The molecule has 5 heteroatoms. The van der Waals surface area contributed by atoms with Crippen LogP contribution in [-0.4, -0.2) is 18.1 Å². The Kier molecular flexibility index (Phi) is 6.51. The molecule has 0 fully saturated rings. The van der Waals surface area contributed by atoms with E-state index >= 15 is 0 Å². The molecule has 0 spiro atoms. The molecule has 0 amide bonds. The highest BCUT2D eigenvalue weighted by atomic mass is 35.5. The summed E-state index contributed by atoms with van der Waals surface area (Å²) in [5, 5.41) is 0.638. The second-order valence-electron chi connectivity index (χ2n) is 5.34. The quantitative estimate of drug-likeness (QED) is 0.618. The second-order valence-corrected chi connectivity index (χ2v) is 6.99. The van der Waals surface area contributed by atoms with Crippen LogP contribution in [0.25, 0.3) is 0 Å². The van der Waals surface area contributed by atoms with Crippen LogP contribution < -0.4 is 5.73 Å². The van der Waals surface area contributed by atoms with Gasteiger partial charge < -0.3 is 10.5 Å². The third-order valence-electron chi connectivity index (χ3n) is 3.29. The summed E-state index contributed by atoms with van der Waals surface area (Å²) in [5.74, 6) is -0.398. The van der Waals surface area contributed by atoms with Crippen molar-refractivity contribution in [1.29, 1.82) is 0 Å². The molecule has 23 heavy (non-hydrogen) atoms. The Bertz CT molecular complexity index is 648. The largest absolute Gasteiger partial charge is 0.460 e. The van der Waals surface area contributed by atoms with Gasteiger partial charge in [0.05, 0.1) is 5.25 Å². The molecule has 2 aromatic carbocycles. The van der Waals surface area contributed by atoms with Gasteiger partial charge in [0.25, 0.3) is 0 Å². The molecular formula is C18H20ClNO2S. The first-order valence-electron chi connectivity index (χ1n) is 7.40. The van der Waals surface area contributed by atoms with Crippen LogP contribution in [0.1, 0.15) is 24.7 Å². The van der Waals surface area contributed by atoms with Crippen molar-refractivity contribution in [3.63, 3.8) is 0 Å². The third kappa shape index (κ3) is 5.27. The van der Waals surface area contributed by atoms with Gasteiger partial charge in [0.1, 0.15) is 12.1 Å². The maximum Gasteiger partial charge on any atom is 0.322 e. The van der Waals surface area contributed by atoms with Crippen molar-refractivity contribution in [2.24, 2.45) is 5.73 Å². The summed E-state index contributed by atoms with van der Waals surface area (Å²) in [7, 11) is 0. The van der Waals surface area contributed by atoms with E-state index in [2.05, 4.69) is 0 Å². The maximum atomic E-state index is 11.8. The van der Waals surface area contributed by atoms with Crippen LogP contribution in [0.2, 0.25) is 5.02 Å². The fraction of sp³-hybridized carbons (Fsp3) is 0.278. The average Bonchev–Trinajstić information content (AvgIpc) is 2.53. The van der Waals surface area contributed by atoms with E-state index in [4.69, 9.17) is 22.1 Å². The molecule has 0 aliphatic carbocycles. The zero-order chi connectivity index (χ0) is 16.8. The smallest absolute Gasteiger partial charge is 0.322 e. The van der Waals surface area contributed by atoms with Gasteiger partial charge in [0.2, 0.25) is 0 Å². The Morgan fingerprint density at radius 2 is 1.83 bits per heavy atom. The second kappa shape index (κ2) is 8.39. The van der Waals surface area contributed by atoms with E-state index in [9.17, 15) is 4.79 Å². The number of esters is 1. The van der Waals surface area contributed by atoms with Crippen LogP contribution in [0, 0.1) is 0 Å². The minimum Gasteiger partial charge on any atom is -0.460 e. The van der Waals surface area contributed by atoms with E-state index in [-0.39, 0.29) is 11.4 Å². The molecule has 0 radical (unpaired) electrons. The lowest BCUT2D eigenvalue weighted by Gasteiger charge is -2.25. The predicted molar refractivity (Wildman–Crippen MR) is 95.7 cm³/mol. The van der Waals surface area contributed by atoms with Crippen LogP contribution >= 0.6 is 23.4 Å². The van der Waals surface area contributed by atoms with Crippen LogP contribution in [-0.2, 0) is 9.53 Å². The number of halogens is 1. The van der Waals surface area contributed by atoms with Gasteiger partial charge in [-0.1, -0.05) is 48.0 Å². The van der Waals surface area contributed by atoms with Gasteiger partial charge in [-0.2, -0.15) is 0 Å². The van der Waals surface area contributed by atoms with E-state index in [0.717, 1.165) is 10.5 Å². The normalized spacial score (nSPS) is 14.8. The summed E-state index contributed by atoms with van der Waals surface area (Å²) in [5.41, 5.74) is 6.68. The maximum absolute atomic E-state index is 11.8. The molecule has 0 unspecified atom stereocenters. The molecule has 0 bridgehead atoms. The van der Waals surface area contributed by atoms with E-state index in [1.54, 1.807) is 18.7 Å². The number of rotatable bonds is 6. The molecule has 0 saturated carbocycles. The molecule has 122 valence electrons. The van der Waals surface area contributed by atoms with Crippen LogP contribution in [0.4, 0.5) is 0 Å². The average molecular weight is 350 g/mol. The summed E-state index contributed by atoms with van der Waals surface area (Å²) in [4.78, 5) is 12.8. The number of nitrogens with two attached hydrogens (primary N) is 1. The Morgan fingerprint density at radius 3 is 2.43 bits per heavy atom. The lowest BCUT2D eigenvalue weighted by atomic mass is 10.1. The number of hydrogen-bond donors (Lipinski definition) is 1. The van der Waals surface area contributed by atoms with Crippen molar-refractivity contribution in [3.05, 3.63) is 65.2 Å². The highest BCUT2D eigenvalue weighted by Gasteiger charge is 2.25. The molecule has 3 nitrogen and oxygen atoms in total. The lowest BCUT2D eigenvalue weighted by Crippen LogP contribution is -2.33. The number of thioether (sulfide) groups is 1. The molecule has 0 aliphatic heterocycles. The zero-order valence-corrected chi connectivity index (χ0v) is 14.7. The minimum atomic E-state index is -0.634. The summed E-state index contributed by atoms with van der Waals surface area (Å²) in [6, 6.07) is 17.0. The van der Waals surface area contributed by atoms with Crippen molar-refractivity contribution in [3.8, 4) is 0 Å². The van der Waals surface area contributed by atoms with Crippen molar-refractivity contribution in [1.82, 2.24) is 0 Å². The Balaban J connectivity index is 2.23. The number of carbonyl (C=O) groups excluding carboxylic acids is 1.